The van der Waals surface area contributed by atoms with E-state index in [4.69, 9.17) is 5.11 Å². The second-order valence-corrected chi connectivity index (χ2v) is 4.83. The Kier molecular flexibility index (Phi) is 5.03. The average Bonchev–Trinajstić information content (AvgIpc) is 2.30. The summed E-state index contributed by atoms with van der Waals surface area (Å²) in [5, 5.41) is 19.2. The second kappa shape index (κ2) is 5.83. The van der Waals surface area contributed by atoms with Crippen molar-refractivity contribution in [3.8, 4) is 0 Å². The van der Waals surface area contributed by atoms with Crippen LogP contribution in [-0.2, 0) is 0 Å². The van der Waals surface area contributed by atoms with Gasteiger partial charge < -0.3 is 15.1 Å². The van der Waals surface area contributed by atoms with Crippen LogP contribution in [0.15, 0.2) is 0 Å². The summed E-state index contributed by atoms with van der Waals surface area (Å²) in [5.74, 6) is 0.484. The highest BCUT2D eigenvalue weighted by molar-refractivity contribution is 4.82. The molecule has 3 nitrogen and oxygen atoms in total. The highest BCUT2D eigenvalue weighted by atomic mass is 16.3. The van der Waals surface area contributed by atoms with E-state index < -0.39 is 5.60 Å². The Morgan fingerprint density at radius 3 is 2.13 bits per heavy atom. The first-order valence-corrected chi connectivity index (χ1v) is 6.19. The number of likely N-dealkylation sites (tertiary alicyclic amines) is 1. The minimum atomic E-state index is -0.508. The largest absolute Gasteiger partial charge is 0.396 e. The SMILES string of the molecule is CCC(O)(CC)CN1CCC(CO)CC1. The van der Waals surface area contributed by atoms with Crippen LogP contribution in [0.4, 0.5) is 0 Å². The molecule has 0 aromatic rings. The zero-order chi connectivity index (χ0) is 11.3. The quantitative estimate of drug-likeness (QED) is 0.725. The van der Waals surface area contributed by atoms with Crippen molar-refractivity contribution >= 4 is 0 Å². The van der Waals surface area contributed by atoms with Gasteiger partial charge in [-0.25, -0.2) is 0 Å². The summed E-state index contributed by atoms with van der Waals surface area (Å²) in [4.78, 5) is 2.33. The summed E-state index contributed by atoms with van der Waals surface area (Å²) in [6.45, 7) is 7.24. The van der Waals surface area contributed by atoms with Crippen LogP contribution in [0.3, 0.4) is 0 Å². The molecule has 1 heterocycles. The third-order valence-electron chi connectivity index (χ3n) is 3.80. The lowest BCUT2D eigenvalue weighted by molar-refractivity contribution is -0.0138. The van der Waals surface area contributed by atoms with Gasteiger partial charge in [-0.2, -0.15) is 0 Å². The second-order valence-electron chi connectivity index (χ2n) is 4.83. The molecule has 0 bridgehead atoms. The van der Waals surface area contributed by atoms with E-state index in [1.165, 1.54) is 0 Å². The molecule has 0 spiro atoms. The third-order valence-corrected chi connectivity index (χ3v) is 3.80. The van der Waals surface area contributed by atoms with Crippen LogP contribution in [0.2, 0.25) is 0 Å². The Morgan fingerprint density at radius 1 is 1.20 bits per heavy atom. The molecule has 0 atom stereocenters. The molecule has 0 aromatic carbocycles. The highest BCUT2D eigenvalue weighted by Crippen LogP contribution is 2.21. The van der Waals surface area contributed by atoms with Crippen LogP contribution in [0.25, 0.3) is 0 Å². The van der Waals surface area contributed by atoms with E-state index >= 15 is 0 Å². The summed E-state index contributed by atoms with van der Waals surface area (Å²) in [6.07, 6.45) is 3.78. The Bertz CT molecular complexity index is 172. The Hall–Kier alpha value is -0.120. The first kappa shape index (κ1) is 12.9. The molecule has 15 heavy (non-hydrogen) atoms. The molecule has 1 rings (SSSR count). The van der Waals surface area contributed by atoms with Crippen molar-refractivity contribution in [1.29, 1.82) is 0 Å². The van der Waals surface area contributed by atoms with Crippen molar-refractivity contribution in [2.45, 2.75) is 45.1 Å². The average molecular weight is 215 g/mol. The number of aliphatic hydroxyl groups excluding tert-OH is 1. The van der Waals surface area contributed by atoms with E-state index in [2.05, 4.69) is 4.90 Å². The van der Waals surface area contributed by atoms with Gasteiger partial charge in [0.05, 0.1) is 5.60 Å². The van der Waals surface area contributed by atoms with Crippen LogP contribution in [-0.4, -0.2) is 47.0 Å². The van der Waals surface area contributed by atoms with Crippen molar-refractivity contribution in [2.75, 3.05) is 26.2 Å². The van der Waals surface area contributed by atoms with Crippen LogP contribution in [0.1, 0.15) is 39.5 Å². The number of rotatable bonds is 5. The van der Waals surface area contributed by atoms with Crippen molar-refractivity contribution in [3.05, 3.63) is 0 Å². The van der Waals surface area contributed by atoms with Crippen molar-refractivity contribution < 1.29 is 10.2 Å². The number of nitrogens with zero attached hydrogens (tertiary/aromatic N) is 1. The van der Waals surface area contributed by atoms with Gasteiger partial charge in [0, 0.05) is 13.2 Å². The molecular formula is C12H25NO2. The first-order valence-electron chi connectivity index (χ1n) is 6.19. The fourth-order valence-corrected chi connectivity index (χ4v) is 2.22. The van der Waals surface area contributed by atoms with E-state index in [9.17, 15) is 5.11 Å². The smallest absolute Gasteiger partial charge is 0.0768 e. The number of hydrogen-bond donors (Lipinski definition) is 2. The van der Waals surface area contributed by atoms with E-state index in [0.717, 1.165) is 45.3 Å². The molecule has 0 aliphatic carbocycles. The normalized spacial score (nSPS) is 20.8. The van der Waals surface area contributed by atoms with E-state index in [0.29, 0.717) is 12.5 Å². The molecule has 90 valence electrons. The van der Waals surface area contributed by atoms with Gasteiger partial charge in [-0.1, -0.05) is 13.8 Å². The van der Waals surface area contributed by atoms with Gasteiger partial charge in [-0.15, -0.1) is 0 Å². The van der Waals surface area contributed by atoms with Gasteiger partial charge in [-0.3, -0.25) is 0 Å². The topological polar surface area (TPSA) is 43.7 Å². The fraction of sp³-hybridized carbons (Fsp3) is 1.00. The Balaban J connectivity index is 2.34. The maximum absolute atomic E-state index is 10.2. The predicted molar refractivity (Wildman–Crippen MR) is 61.8 cm³/mol. The summed E-state index contributed by atoms with van der Waals surface area (Å²) in [7, 11) is 0. The number of hydrogen-bond acceptors (Lipinski definition) is 3. The molecule has 3 heteroatoms. The molecule has 0 amide bonds. The van der Waals surface area contributed by atoms with Gasteiger partial charge >= 0.3 is 0 Å². The monoisotopic (exact) mass is 215 g/mol. The van der Waals surface area contributed by atoms with Gasteiger partial charge in [0.1, 0.15) is 0 Å². The summed E-state index contributed by atoms with van der Waals surface area (Å²) in [6, 6.07) is 0. The van der Waals surface area contributed by atoms with E-state index in [1.807, 2.05) is 13.8 Å². The molecule has 1 fully saturated rings. The van der Waals surface area contributed by atoms with Crippen LogP contribution >= 0.6 is 0 Å². The lowest BCUT2D eigenvalue weighted by Gasteiger charge is -2.37. The maximum Gasteiger partial charge on any atom is 0.0768 e. The van der Waals surface area contributed by atoms with E-state index in [-0.39, 0.29) is 0 Å². The van der Waals surface area contributed by atoms with Gasteiger partial charge in [-0.05, 0) is 44.7 Å². The summed E-state index contributed by atoms with van der Waals surface area (Å²) >= 11 is 0. The van der Waals surface area contributed by atoms with Gasteiger partial charge in [0.15, 0.2) is 0 Å². The molecule has 1 aliphatic heterocycles. The predicted octanol–water partition coefficient (Wildman–Crippen LogP) is 1.24. The van der Waals surface area contributed by atoms with Crippen LogP contribution in [0.5, 0.6) is 0 Å². The molecule has 2 N–H and O–H groups in total. The minimum absolute atomic E-state index is 0.319. The molecule has 0 aromatic heterocycles. The Morgan fingerprint density at radius 2 is 1.73 bits per heavy atom. The van der Waals surface area contributed by atoms with Gasteiger partial charge in [0.2, 0.25) is 0 Å². The number of piperidine rings is 1. The van der Waals surface area contributed by atoms with Crippen molar-refractivity contribution in [3.63, 3.8) is 0 Å². The van der Waals surface area contributed by atoms with E-state index in [1.54, 1.807) is 0 Å². The third kappa shape index (κ3) is 3.74. The number of β-amino-alcohol motifs (C(OH)–C–C–N with tert-alkyl or cyclic N) is 1. The van der Waals surface area contributed by atoms with Crippen LogP contribution in [0, 0.1) is 5.92 Å². The van der Waals surface area contributed by atoms with Crippen molar-refractivity contribution in [1.82, 2.24) is 4.90 Å². The standard InChI is InChI=1S/C12H25NO2/c1-3-12(15,4-2)10-13-7-5-11(9-14)6-8-13/h11,14-15H,3-10H2,1-2H3. The molecule has 0 saturated carbocycles. The fourth-order valence-electron chi connectivity index (χ4n) is 2.22. The highest BCUT2D eigenvalue weighted by Gasteiger charge is 2.27. The molecule has 0 radical (unpaired) electrons. The first-order chi connectivity index (χ1) is 7.13. The molecule has 1 saturated heterocycles. The van der Waals surface area contributed by atoms with Crippen LogP contribution < -0.4 is 0 Å². The lowest BCUT2D eigenvalue weighted by atomic mass is 9.93. The zero-order valence-electron chi connectivity index (χ0n) is 10.1. The summed E-state index contributed by atoms with van der Waals surface area (Å²) in [5.41, 5.74) is -0.508. The van der Waals surface area contributed by atoms with Crippen molar-refractivity contribution in [2.24, 2.45) is 5.92 Å². The molecular weight excluding hydrogens is 190 g/mol. The van der Waals surface area contributed by atoms with Gasteiger partial charge in [0.25, 0.3) is 0 Å². The number of aliphatic hydroxyl groups is 2. The molecule has 1 aliphatic rings. The lowest BCUT2D eigenvalue weighted by Crippen LogP contribution is -2.45. The molecule has 0 unspecified atom stereocenters. The maximum atomic E-state index is 10.2. The minimum Gasteiger partial charge on any atom is -0.396 e. The summed E-state index contributed by atoms with van der Waals surface area (Å²) < 4.78 is 0. The Labute approximate surface area is 93.1 Å². The zero-order valence-corrected chi connectivity index (χ0v) is 10.1.